The van der Waals surface area contributed by atoms with E-state index in [2.05, 4.69) is 41.3 Å². The zero-order valence-electron chi connectivity index (χ0n) is 11.8. The smallest absolute Gasteiger partial charge is 0.0911 e. The summed E-state index contributed by atoms with van der Waals surface area (Å²) >= 11 is 0. The van der Waals surface area contributed by atoms with Crippen molar-refractivity contribution in [3.8, 4) is 0 Å². The Morgan fingerprint density at radius 3 is 2.95 bits per heavy atom. The average Bonchev–Trinajstić information content (AvgIpc) is 3.22. The van der Waals surface area contributed by atoms with Gasteiger partial charge in [0.05, 0.1) is 24.4 Å². The van der Waals surface area contributed by atoms with Gasteiger partial charge in [0.25, 0.3) is 0 Å². The molecule has 104 valence electrons. The topological polar surface area (TPSA) is 37.4 Å². The van der Waals surface area contributed by atoms with Crippen molar-refractivity contribution in [2.24, 2.45) is 0 Å². The normalized spacial score (nSPS) is 28.5. The number of nitrogens with one attached hydrogen (secondary N) is 1. The van der Waals surface area contributed by atoms with Crippen LogP contribution < -0.4 is 5.32 Å². The van der Waals surface area contributed by atoms with Gasteiger partial charge >= 0.3 is 0 Å². The number of morpholine rings is 1. The highest BCUT2D eigenvalue weighted by Gasteiger charge is 2.33. The van der Waals surface area contributed by atoms with Crippen LogP contribution >= 0.6 is 0 Å². The number of rotatable bonds is 4. The van der Waals surface area contributed by atoms with Crippen molar-refractivity contribution < 1.29 is 4.74 Å². The van der Waals surface area contributed by atoms with Gasteiger partial charge in [0.15, 0.2) is 0 Å². The van der Waals surface area contributed by atoms with E-state index in [4.69, 9.17) is 4.74 Å². The van der Waals surface area contributed by atoms with E-state index in [1.165, 1.54) is 18.4 Å². The first-order valence-electron chi connectivity index (χ1n) is 7.22. The van der Waals surface area contributed by atoms with Gasteiger partial charge in [-0.3, -0.25) is 9.88 Å². The number of ether oxygens (including phenoxy) is 1. The predicted molar refractivity (Wildman–Crippen MR) is 75.1 cm³/mol. The molecule has 2 atom stereocenters. The third kappa shape index (κ3) is 3.14. The number of hydrogen-bond acceptors (Lipinski definition) is 4. The van der Waals surface area contributed by atoms with Gasteiger partial charge in [-0.2, -0.15) is 0 Å². The van der Waals surface area contributed by atoms with Crippen LogP contribution in [-0.4, -0.2) is 48.8 Å². The molecule has 4 nitrogen and oxygen atoms in total. The van der Waals surface area contributed by atoms with E-state index >= 15 is 0 Å². The SMILES string of the molecule is Cc1ccc(C2C(CNC3CC3)OCCN2C)nc1. The lowest BCUT2D eigenvalue weighted by atomic mass is 10.0. The summed E-state index contributed by atoms with van der Waals surface area (Å²) in [7, 11) is 2.17. The monoisotopic (exact) mass is 261 g/mol. The summed E-state index contributed by atoms with van der Waals surface area (Å²) < 4.78 is 5.98. The molecule has 1 N–H and O–H groups in total. The summed E-state index contributed by atoms with van der Waals surface area (Å²) in [6.07, 6.45) is 4.78. The first kappa shape index (κ1) is 13.0. The maximum Gasteiger partial charge on any atom is 0.0911 e. The summed E-state index contributed by atoms with van der Waals surface area (Å²) in [5, 5.41) is 3.58. The van der Waals surface area contributed by atoms with E-state index in [1.54, 1.807) is 0 Å². The molecule has 1 aromatic heterocycles. The van der Waals surface area contributed by atoms with Crippen LogP contribution in [0.5, 0.6) is 0 Å². The first-order valence-corrected chi connectivity index (χ1v) is 7.22. The largest absolute Gasteiger partial charge is 0.374 e. The third-order valence-corrected chi connectivity index (χ3v) is 4.03. The summed E-state index contributed by atoms with van der Waals surface area (Å²) in [4.78, 5) is 6.96. The van der Waals surface area contributed by atoms with Crippen LogP contribution in [0.2, 0.25) is 0 Å². The van der Waals surface area contributed by atoms with E-state index in [0.29, 0.717) is 0 Å². The van der Waals surface area contributed by atoms with Crippen molar-refractivity contribution in [1.82, 2.24) is 15.2 Å². The molecule has 19 heavy (non-hydrogen) atoms. The van der Waals surface area contributed by atoms with Gasteiger partial charge < -0.3 is 10.1 Å². The molecule has 2 aliphatic rings. The van der Waals surface area contributed by atoms with Gasteiger partial charge in [0.2, 0.25) is 0 Å². The maximum atomic E-state index is 5.98. The van der Waals surface area contributed by atoms with Crippen molar-refractivity contribution >= 4 is 0 Å². The maximum absolute atomic E-state index is 5.98. The third-order valence-electron chi connectivity index (χ3n) is 4.03. The number of nitrogens with zero attached hydrogens (tertiary/aromatic N) is 2. The van der Waals surface area contributed by atoms with E-state index in [-0.39, 0.29) is 12.1 Å². The summed E-state index contributed by atoms with van der Waals surface area (Å²) in [5.74, 6) is 0. The standard InChI is InChI=1S/C15H23N3O/c1-11-3-6-13(17-9-11)15-14(10-16-12-4-5-12)19-8-7-18(15)2/h3,6,9,12,14-16H,4-5,7-8,10H2,1-2H3. The molecule has 2 fully saturated rings. The Balaban J connectivity index is 1.73. The van der Waals surface area contributed by atoms with Crippen LogP contribution in [-0.2, 0) is 4.74 Å². The summed E-state index contributed by atoms with van der Waals surface area (Å²) in [6, 6.07) is 5.26. The molecule has 3 rings (SSSR count). The van der Waals surface area contributed by atoms with Crippen molar-refractivity contribution in [2.45, 2.75) is 38.0 Å². The molecule has 1 aliphatic carbocycles. The second-order valence-electron chi connectivity index (χ2n) is 5.78. The van der Waals surface area contributed by atoms with Crippen LogP contribution in [0, 0.1) is 6.92 Å². The molecule has 1 saturated heterocycles. The fraction of sp³-hybridized carbons (Fsp3) is 0.667. The second kappa shape index (κ2) is 5.57. The number of likely N-dealkylation sites (N-methyl/N-ethyl adjacent to an activating group) is 1. The van der Waals surface area contributed by atoms with Crippen LogP contribution in [0.4, 0.5) is 0 Å². The Bertz CT molecular complexity index is 416. The Morgan fingerprint density at radius 1 is 1.42 bits per heavy atom. The molecule has 0 amide bonds. The molecule has 2 heterocycles. The number of pyridine rings is 1. The number of aryl methyl sites for hydroxylation is 1. The van der Waals surface area contributed by atoms with Gasteiger partial charge in [0.1, 0.15) is 0 Å². The van der Waals surface area contributed by atoms with Gasteiger partial charge in [-0.15, -0.1) is 0 Å². The van der Waals surface area contributed by atoms with Gasteiger partial charge in [-0.1, -0.05) is 6.07 Å². The van der Waals surface area contributed by atoms with Crippen molar-refractivity contribution in [3.63, 3.8) is 0 Å². The highest BCUT2D eigenvalue weighted by molar-refractivity contribution is 5.17. The van der Waals surface area contributed by atoms with Gasteiger partial charge in [0, 0.05) is 25.3 Å². The quantitative estimate of drug-likeness (QED) is 0.891. The lowest BCUT2D eigenvalue weighted by Gasteiger charge is -2.39. The first-order chi connectivity index (χ1) is 9.24. The Kier molecular flexibility index (Phi) is 3.82. The molecule has 0 bridgehead atoms. The predicted octanol–water partition coefficient (Wildman–Crippen LogP) is 1.51. The highest BCUT2D eigenvalue weighted by atomic mass is 16.5. The fourth-order valence-electron chi connectivity index (χ4n) is 2.67. The van der Waals surface area contributed by atoms with Crippen molar-refractivity contribution in [1.29, 1.82) is 0 Å². The summed E-state index contributed by atoms with van der Waals surface area (Å²) in [5.41, 5.74) is 2.33. The van der Waals surface area contributed by atoms with E-state index in [0.717, 1.165) is 31.4 Å². The zero-order valence-corrected chi connectivity index (χ0v) is 11.8. The molecule has 0 aromatic carbocycles. The Morgan fingerprint density at radius 2 is 2.26 bits per heavy atom. The minimum absolute atomic E-state index is 0.203. The lowest BCUT2D eigenvalue weighted by molar-refractivity contribution is -0.0628. The van der Waals surface area contributed by atoms with Gasteiger partial charge in [-0.25, -0.2) is 0 Å². The van der Waals surface area contributed by atoms with Crippen LogP contribution in [0.25, 0.3) is 0 Å². The number of hydrogen-bond donors (Lipinski definition) is 1. The van der Waals surface area contributed by atoms with E-state index < -0.39 is 0 Å². The van der Waals surface area contributed by atoms with Crippen LogP contribution in [0.3, 0.4) is 0 Å². The molecule has 1 aromatic rings. The van der Waals surface area contributed by atoms with E-state index in [9.17, 15) is 0 Å². The van der Waals surface area contributed by atoms with Crippen LogP contribution in [0.1, 0.15) is 30.1 Å². The Labute approximate surface area is 115 Å². The minimum atomic E-state index is 0.203. The molecule has 4 heteroatoms. The average molecular weight is 261 g/mol. The molecule has 0 spiro atoms. The van der Waals surface area contributed by atoms with Crippen molar-refractivity contribution in [3.05, 3.63) is 29.6 Å². The Hall–Kier alpha value is -0.970. The minimum Gasteiger partial charge on any atom is -0.374 e. The molecule has 1 aliphatic heterocycles. The molecular formula is C15H23N3O. The van der Waals surface area contributed by atoms with E-state index in [1.807, 2.05) is 6.20 Å². The van der Waals surface area contributed by atoms with Crippen molar-refractivity contribution in [2.75, 3.05) is 26.7 Å². The summed E-state index contributed by atoms with van der Waals surface area (Å²) in [6.45, 7) is 4.79. The molecule has 2 unspecified atom stereocenters. The molecular weight excluding hydrogens is 238 g/mol. The lowest BCUT2D eigenvalue weighted by Crippen LogP contribution is -2.48. The number of aromatic nitrogens is 1. The highest BCUT2D eigenvalue weighted by Crippen LogP contribution is 2.28. The zero-order chi connectivity index (χ0) is 13.2. The van der Waals surface area contributed by atoms with Gasteiger partial charge in [-0.05, 0) is 38.4 Å². The molecule has 1 saturated carbocycles. The molecule has 0 radical (unpaired) electrons. The fourth-order valence-corrected chi connectivity index (χ4v) is 2.67. The van der Waals surface area contributed by atoms with Crippen LogP contribution in [0.15, 0.2) is 18.3 Å². The second-order valence-corrected chi connectivity index (χ2v) is 5.78.